The molecule has 16 heavy (non-hydrogen) atoms. The number of nitrogens with one attached hydrogen (secondary N) is 1. The van der Waals surface area contributed by atoms with Gasteiger partial charge in [0.2, 0.25) is 0 Å². The predicted octanol–water partition coefficient (Wildman–Crippen LogP) is 1.78. The number of imidazole rings is 1. The SMILES string of the molecule is CCn1ccnc1CC(F)C1CCCNC1. The summed E-state index contributed by atoms with van der Waals surface area (Å²) in [5.41, 5.74) is 0. The molecule has 3 nitrogen and oxygen atoms in total. The normalized spacial score (nSPS) is 23.2. The van der Waals surface area contributed by atoms with E-state index in [0.29, 0.717) is 6.42 Å². The minimum atomic E-state index is -0.763. The third-order valence-corrected chi connectivity index (χ3v) is 3.37. The lowest BCUT2D eigenvalue weighted by molar-refractivity contribution is 0.187. The second-order valence-electron chi connectivity index (χ2n) is 4.46. The average molecular weight is 225 g/mol. The van der Waals surface area contributed by atoms with E-state index >= 15 is 0 Å². The van der Waals surface area contributed by atoms with E-state index in [9.17, 15) is 4.39 Å². The first-order valence-electron chi connectivity index (χ1n) is 6.16. The van der Waals surface area contributed by atoms with Crippen LogP contribution in [0.1, 0.15) is 25.6 Å². The fraction of sp³-hybridized carbons (Fsp3) is 0.750. The third kappa shape index (κ3) is 2.61. The Morgan fingerprint density at radius 3 is 3.25 bits per heavy atom. The van der Waals surface area contributed by atoms with Crippen molar-refractivity contribution >= 4 is 0 Å². The van der Waals surface area contributed by atoms with Crippen molar-refractivity contribution in [3.8, 4) is 0 Å². The molecule has 4 heteroatoms. The molecule has 0 aromatic carbocycles. The minimum absolute atomic E-state index is 0.163. The molecule has 0 radical (unpaired) electrons. The number of piperidine rings is 1. The van der Waals surface area contributed by atoms with Crippen LogP contribution in [-0.2, 0) is 13.0 Å². The van der Waals surface area contributed by atoms with Crippen molar-refractivity contribution in [3.63, 3.8) is 0 Å². The van der Waals surface area contributed by atoms with Crippen LogP contribution in [0, 0.1) is 5.92 Å². The van der Waals surface area contributed by atoms with Gasteiger partial charge in [-0.25, -0.2) is 9.37 Å². The van der Waals surface area contributed by atoms with E-state index in [1.807, 2.05) is 10.8 Å². The molecule has 1 fully saturated rings. The van der Waals surface area contributed by atoms with Crippen LogP contribution in [0.3, 0.4) is 0 Å². The van der Waals surface area contributed by atoms with Gasteiger partial charge in [0, 0.05) is 37.8 Å². The van der Waals surface area contributed by atoms with Crippen LogP contribution in [0.2, 0.25) is 0 Å². The maximum Gasteiger partial charge on any atom is 0.111 e. The van der Waals surface area contributed by atoms with Crippen LogP contribution in [0.15, 0.2) is 12.4 Å². The number of alkyl halides is 1. The topological polar surface area (TPSA) is 29.9 Å². The Bertz CT molecular complexity index is 318. The molecule has 0 bridgehead atoms. The lowest BCUT2D eigenvalue weighted by Gasteiger charge is -2.25. The molecule has 1 N–H and O–H groups in total. The van der Waals surface area contributed by atoms with Gasteiger partial charge in [-0.05, 0) is 26.3 Å². The molecule has 2 unspecified atom stereocenters. The summed E-state index contributed by atoms with van der Waals surface area (Å²) in [5, 5.41) is 3.26. The van der Waals surface area contributed by atoms with Gasteiger partial charge in [-0.2, -0.15) is 0 Å². The van der Waals surface area contributed by atoms with Gasteiger partial charge in [-0.1, -0.05) is 0 Å². The molecule has 2 heterocycles. The fourth-order valence-electron chi connectivity index (χ4n) is 2.35. The maximum absolute atomic E-state index is 14.1. The highest BCUT2D eigenvalue weighted by Crippen LogP contribution is 2.20. The van der Waals surface area contributed by atoms with Crippen LogP contribution in [0.4, 0.5) is 4.39 Å². The standard InChI is InChI=1S/C12H20FN3/c1-2-16-7-6-15-12(16)8-11(13)10-4-3-5-14-9-10/h6-7,10-11,14H,2-5,8-9H2,1H3. The van der Waals surface area contributed by atoms with Crippen molar-refractivity contribution in [3.05, 3.63) is 18.2 Å². The summed E-state index contributed by atoms with van der Waals surface area (Å²) in [7, 11) is 0. The fourth-order valence-corrected chi connectivity index (χ4v) is 2.35. The van der Waals surface area contributed by atoms with E-state index in [1.165, 1.54) is 0 Å². The molecule has 1 aliphatic rings. The highest BCUT2D eigenvalue weighted by Gasteiger charge is 2.24. The molecule has 90 valence electrons. The molecule has 1 aromatic rings. The van der Waals surface area contributed by atoms with E-state index in [4.69, 9.17) is 0 Å². The van der Waals surface area contributed by atoms with E-state index in [2.05, 4.69) is 17.2 Å². The summed E-state index contributed by atoms with van der Waals surface area (Å²) in [6.07, 6.45) is 5.45. The molecular formula is C12H20FN3. The molecule has 0 saturated carbocycles. The van der Waals surface area contributed by atoms with Gasteiger partial charge in [0.05, 0.1) is 0 Å². The van der Waals surface area contributed by atoms with Crippen molar-refractivity contribution in [1.29, 1.82) is 0 Å². The molecule has 1 saturated heterocycles. The summed E-state index contributed by atoms with van der Waals surface area (Å²) in [6.45, 7) is 4.77. The number of hydrogen-bond donors (Lipinski definition) is 1. The van der Waals surface area contributed by atoms with Crippen molar-refractivity contribution in [1.82, 2.24) is 14.9 Å². The number of rotatable bonds is 4. The second-order valence-corrected chi connectivity index (χ2v) is 4.46. The van der Waals surface area contributed by atoms with Crippen molar-refractivity contribution in [2.75, 3.05) is 13.1 Å². The van der Waals surface area contributed by atoms with Gasteiger partial charge < -0.3 is 9.88 Å². The Kier molecular flexibility index (Phi) is 3.93. The third-order valence-electron chi connectivity index (χ3n) is 3.37. The zero-order chi connectivity index (χ0) is 11.4. The Balaban J connectivity index is 1.93. The number of hydrogen-bond acceptors (Lipinski definition) is 2. The Morgan fingerprint density at radius 1 is 1.69 bits per heavy atom. The Morgan fingerprint density at radius 2 is 2.56 bits per heavy atom. The summed E-state index contributed by atoms with van der Waals surface area (Å²) >= 11 is 0. The monoisotopic (exact) mass is 225 g/mol. The molecule has 2 rings (SSSR count). The van der Waals surface area contributed by atoms with Gasteiger partial charge in [0.25, 0.3) is 0 Å². The minimum Gasteiger partial charge on any atom is -0.335 e. The molecule has 2 atom stereocenters. The van der Waals surface area contributed by atoms with E-state index in [1.54, 1.807) is 6.20 Å². The maximum atomic E-state index is 14.1. The Labute approximate surface area is 96.1 Å². The lowest BCUT2D eigenvalue weighted by Crippen LogP contribution is -2.36. The van der Waals surface area contributed by atoms with Gasteiger partial charge in [-0.15, -0.1) is 0 Å². The second kappa shape index (κ2) is 5.43. The lowest BCUT2D eigenvalue weighted by atomic mass is 9.93. The van der Waals surface area contributed by atoms with Gasteiger partial charge in [0.1, 0.15) is 12.0 Å². The smallest absolute Gasteiger partial charge is 0.111 e. The largest absolute Gasteiger partial charge is 0.335 e. The van der Waals surface area contributed by atoms with Crippen LogP contribution in [0.5, 0.6) is 0 Å². The van der Waals surface area contributed by atoms with E-state index in [0.717, 1.165) is 38.3 Å². The zero-order valence-electron chi connectivity index (χ0n) is 9.82. The summed E-state index contributed by atoms with van der Waals surface area (Å²) in [6, 6.07) is 0. The number of nitrogens with zero attached hydrogens (tertiary/aromatic N) is 2. The van der Waals surface area contributed by atoms with Crippen molar-refractivity contribution in [2.24, 2.45) is 5.92 Å². The highest BCUT2D eigenvalue weighted by molar-refractivity contribution is 4.95. The molecular weight excluding hydrogens is 205 g/mol. The number of aryl methyl sites for hydroxylation is 1. The number of halogens is 1. The molecule has 1 aliphatic heterocycles. The predicted molar refractivity (Wildman–Crippen MR) is 62.1 cm³/mol. The highest BCUT2D eigenvalue weighted by atomic mass is 19.1. The number of aromatic nitrogens is 2. The quantitative estimate of drug-likeness (QED) is 0.846. The summed E-state index contributed by atoms with van der Waals surface area (Å²) in [4.78, 5) is 4.22. The van der Waals surface area contributed by atoms with Gasteiger partial charge in [-0.3, -0.25) is 0 Å². The van der Waals surface area contributed by atoms with Crippen LogP contribution >= 0.6 is 0 Å². The van der Waals surface area contributed by atoms with Crippen molar-refractivity contribution < 1.29 is 4.39 Å². The first-order valence-corrected chi connectivity index (χ1v) is 6.16. The van der Waals surface area contributed by atoms with Crippen LogP contribution in [-0.4, -0.2) is 28.8 Å². The van der Waals surface area contributed by atoms with Gasteiger partial charge in [0.15, 0.2) is 0 Å². The van der Waals surface area contributed by atoms with E-state index < -0.39 is 6.17 Å². The van der Waals surface area contributed by atoms with Crippen LogP contribution < -0.4 is 5.32 Å². The molecule has 0 amide bonds. The molecule has 0 spiro atoms. The van der Waals surface area contributed by atoms with E-state index in [-0.39, 0.29) is 5.92 Å². The Hall–Kier alpha value is -0.900. The zero-order valence-corrected chi connectivity index (χ0v) is 9.82. The summed E-state index contributed by atoms with van der Waals surface area (Å²) < 4.78 is 16.1. The van der Waals surface area contributed by atoms with Gasteiger partial charge >= 0.3 is 0 Å². The first kappa shape index (κ1) is 11.6. The molecule has 1 aromatic heterocycles. The summed E-state index contributed by atoms with van der Waals surface area (Å²) in [5.74, 6) is 1.04. The first-order chi connectivity index (χ1) is 7.81. The van der Waals surface area contributed by atoms with Crippen molar-refractivity contribution in [2.45, 2.75) is 38.9 Å². The molecule has 0 aliphatic carbocycles. The average Bonchev–Trinajstić information content (AvgIpc) is 2.77. The van der Waals surface area contributed by atoms with Crippen LogP contribution in [0.25, 0.3) is 0 Å².